The van der Waals surface area contributed by atoms with Gasteiger partial charge in [0, 0.05) is 61.1 Å². The highest BCUT2D eigenvalue weighted by molar-refractivity contribution is 6.31. The number of nitrogens with zero attached hydrogens (tertiary/aromatic N) is 3. The predicted molar refractivity (Wildman–Crippen MR) is 112 cm³/mol. The highest BCUT2D eigenvalue weighted by Gasteiger charge is 2.23. The van der Waals surface area contributed by atoms with E-state index in [1.54, 1.807) is 0 Å². The number of likely N-dealkylation sites (N-methyl/N-ethyl adjacent to an activating group) is 1. The molecule has 2 heterocycles. The maximum Gasteiger partial charge on any atom is 0.0737 e. The Morgan fingerprint density at radius 3 is 2.54 bits per heavy atom. The molecule has 2 atom stereocenters. The molecular weight excluding hydrogens is 344 g/mol. The van der Waals surface area contributed by atoms with Crippen LogP contribution in [0.15, 0.2) is 30.5 Å². The molecule has 4 nitrogen and oxygen atoms in total. The summed E-state index contributed by atoms with van der Waals surface area (Å²) in [6, 6.07) is 8.46. The molecular formula is C21H31ClN4. The second-order valence-electron chi connectivity index (χ2n) is 7.39. The van der Waals surface area contributed by atoms with E-state index < -0.39 is 0 Å². The van der Waals surface area contributed by atoms with E-state index in [2.05, 4.69) is 53.0 Å². The van der Waals surface area contributed by atoms with E-state index >= 15 is 0 Å². The summed E-state index contributed by atoms with van der Waals surface area (Å²) < 4.78 is 0. The third-order valence-electron chi connectivity index (χ3n) is 5.74. The van der Waals surface area contributed by atoms with Crippen molar-refractivity contribution in [1.29, 1.82) is 0 Å². The Hall–Kier alpha value is -1.36. The molecule has 0 amide bonds. The van der Waals surface area contributed by atoms with Crippen LogP contribution in [0.3, 0.4) is 0 Å². The van der Waals surface area contributed by atoms with E-state index in [1.807, 2.05) is 18.3 Å². The number of hydrogen-bond donors (Lipinski definition) is 1. The number of nitrogens with one attached hydrogen (secondary N) is 1. The number of benzene rings is 1. The highest BCUT2D eigenvalue weighted by atomic mass is 35.5. The van der Waals surface area contributed by atoms with Crippen LogP contribution in [-0.4, -0.2) is 60.1 Å². The van der Waals surface area contributed by atoms with Crippen molar-refractivity contribution in [3.05, 3.63) is 35.5 Å². The Bertz CT molecular complexity index is 712. The van der Waals surface area contributed by atoms with Crippen molar-refractivity contribution < 1.29 is 0 Å². The smallest absolute Gasteiger partial charge is 0.0737 e. The number of pyridine rings is 1. The summed E-state index contributed by atoms with van der Waals surface area (Å²) in [5, 5.41) is 5.70. The molecule has 26 heavy (non-hydrogen) atoms. The maximum absolute atomic E-state index is 6.13. The SMILES string of the molecule is CCC(C)C(CN1CCN(CC)CC1)Nc1ccnc2cc(Cl)ccc12. The molecule has 0 spiro atoms. The molecule has 1 aromatic carbocycles. The third-order valence-corrected chi connectivity index (χ3v) is 5.98. The summed E-state index contributed by atoms with van der Waals surface area (Å²) in [7, 11) is 0. The molecule has 1 aliphatic heterocycles. The van der Waals surface area contributed by atoms with Crippen molar-refractivity contribution in [2.45, 2.75) is 33.2 Å². The topological polar surface area (TPSA) is 31.4 Å². The number of halogens is 1. The predicted octanol–water partition coefficient (Wildman–Crippen LogP) is 4.35. The number of rotatable bonds is 7. The van der Waals surface area contributed by atoms with E-state index in [0.717, 1.165) is 47.8 Å². The van der Waals surface area contributed by atoms with Crippen molar-refractivity contribution >= 4 is 28.2 Å². The largest absolute Gasteiger partial charge is 0.380 e. The first-order valence-corrected chi connectivity index (χ1v) is 10.2. The van der Waals surface area contributed by atoms with Gasteiger partial charge in [-0.05, 0) is 36.7 Å². The Labute approximate surface area is 162 Å². The van der Waals surface area contributed by atoms with Gasteiger partial charge in [-0.25, -0.2) is 0 Å². The number of hydrogen-bond acceptors (Lipinski definition) is 4. The Morgan fingerprint density at radius 2 is 1.85 bits per heavy atom. The lowest BCUT2D eigenvalue weighted by molar-refractivity contribution is 0.127. The zero-order valence-electron chi connectivity index (χ0n) is 16.2. The van der Waals surface area contributed by atoms with Crippen LogP contribution in [0.25, 0.3) is 10.9 Å². The van der Waals surface area contributed by atoms with Crippen LogP contribution in [-0.2, 0) is 0 Å². The van der Waals surface area contributed by atoms with Crippen LogP contribution >= 0.6 is 11.6 Å². The Kier molecular flexibility index (Phi) is 6.74. The van der Waals surface area contributed by atoms with Crippen LogP contribution < -0.4 is 5.32 Å². The number of piperazine rings is 1. The first kappa shape index (κ1) is 19.4. The van der Waals surface area contributed by atoms with Crippen molar-refractivity contribution in [1.82, 2.24) is 14.8 Å². The molecule has 0 aliphatic carbocycles. The summed E-state index contributed by atoms with van der Waals surface area (Å²) in [6.07, 6.45) is 3.04. The minimum absolute atomic E-state index is 0.425. The minimum atomic E-state index is 0.425. The monoisotopic (exact) mass is 374 g/mol. The zero-order valence-corrected chi connectivity index (χ0v) is 17.0. The van der Waals surface area contributed by atoms with E-state index in [-0.39, 0.29) is 0 Å². The summed E-state index contributed by atoms with van der Waals surface area (Å²) in [4.78, 5) is 9.61. The average Bonchev–Trinajstić information content (AvgIpc) is 2.67. The van der Waals surface area contributed by atoms with Crippen molar-refractivity contribution in [3.63, 3.8) is 0 Å². The normalized spacial score (nSPS) is 18.8. The van der Waals surface area contributed by atoms with E-state index in [9.17, 15) is 0 Å². The fourth-order valence-electron chi connectivity index (χ4n) is 3.67. The lowest BCUT2D eigenvalue weighted by Gasteiger charge is -2.37. The Balaban J connectivity index is 1.75. The number of aromatic nitrogens is 1. The molecule has 1 saturated heterocycles. The molecule has 1 N–H and O–H groups in total. The molecule has 1 aromatic heterocycles. The van der Waals surface area contributed by atoms with Gasteiger partial charge in [0.15, 0.2) is 0 Å². The average molecular weight is 375 g/mol. The van der Waals surface area contributed by atoms with Crippen LogP contribution in [0.4, 0.5) is 5.69 Å². The highest BCUT2D eigenvalue weighted by Crippen LogP contribution is 2.26. The Morgan fingerprint density at radius 1 is 1.12 bits per heavy atom. The molecule has 2 unspecified atom stereocenters. The van der Waals surface area contributed by atoms with Gasteiger partial charge in [-0.2, -0.15) is 0 Å². The quantitative estimate of drug-likeness (QED) is 0.780. The van der Waals surface area contributed by atoms with Crippen LogP contribution in [0.1, 0.15) is 27.2 Å². The first-order chi connectivity index (χ1) is 12.6. The van der Waals surface area contributed by atoms with Gasteiger partial charge in [-0.1, -0.05) is 38.8 Å². The van der Waals surface area contributed by atoms with E-state index in [1.165, 1.54) is 19.5 Å². The summed E-state index contributed by atoms with van der Waals surface area (Å²) in [5.74, 6) is 0.606. The molecule has 1 fully saturated rings. The third kappa shape index (κ3) is 4.67. The van der Waals surface area contributed by atoms with Crippen LogP contribution in [0, 0.1) is 5.92 Å². The molecule has 0 bridgehead atoms. The molecule has 142 valence electrons. The lowest BCUT2D eigenvalue weighted by Crippen LogP contribution is -2.50. The van der Waals surface area contributed by atoms with Gasteiger partial charge in [0.25, 0.3) is 0 Å². The molecule has 3 rings (SSSR count). The molecule has 0 saturated carbocycles. The summed E-state index contributed by atoms with van der Waals surface area (Å²) >= 11 is 6.13. The molecule has 0 radical (unpaired) electrons. The number of anilines is 1. The van der Waals surface area contributed by atoms with Crippen LogP contribution in [0.5, 0.6) is 0 Å². The van der Waals surface area contributed by atoms with E-state index in [4.69, 9.17) is 11.6 Å². The maximum atomic E-state index is 6.13. The van der Waals surface area contributed by atoms with Crippen LogP contribution in [0.2, 0.25) is 5.02 Å². The summed E-state index contributed by atoms with van der Waals surface area (Å²) in [6.45, 7) is 13.8. The van der Waals surface area contributed by atoms with Gasteiger partial charge in [-0.15, -0.1) is 0 Å². The number of fused-ring (bicyclic) bond motifs is 1. The summed E-state index contributed by atoms with van der Waals surface area (Å²) in [5.41, 5.74) is 2.10. The standard InChI is InChI=1S/C21H31ClN4/c1-4-16(3)21(15-26-12-10-25(5-2)11-13-26)24-19-8-9-23-20-14-17(22)6-7-18(19)20/h6-9,14,16,21H,4-5,10-13,15H2,1-3H3,(H,23,24). The minimum Gasteiger partial charge on any atom is -0.380 e. The van der Waals surface area contributed by atoms with Gasteiger partial charge in [-0.3, -0.25) is 9.88 Å². The molecule has 1 aliphatic rings. The van der Waals surface area contributed by atoms with Gasteiger partial charge in [0.05, 0.1) is 5.52 Å². The van der Waals surface area contributed by atoms with Crippen molar-refractivity contribution in [2.24, 2.45) is 5.92 Å². The van der Waals surface area contributed by atoms with Crippen molar-refractivity contribution in [3.8, 4) is 0 Å². The lowest BCUT2D eigenvalue weighted by atomic mass is 9.97. The second kappa shape index (κ2) is 9.03. The second-order valence-corrected chi connectivity index (χ2v) is 7.83. The fraction of sp³-hybridized carbons (Fsp3) is 0.571. The van der Waals surface area contributed by atoms with Gasteiger partial charge >= 0.3 is 0 Å². The first-order valence-electron chi connectivity index (χ1n) is 9.86. The molecule has 2 aromatic rings. The molecule has 5 heteroatoms. The van der Waals surface area contributed by atoms with Crippen molar-refractivity contribution in [2.75, 3.05) is 44.6 Å². The van der Waals surface area contributed by atoms with E-state index in [0.29, 0.717) is 12.0 Å². The zero-order chi connectivity index (χ0) is 18.5. The van der Waals surface area contributed by atoms with Gasteiger partial charge < -0.3 is 10.2 Å². The van der Waals surface area contributed by atoms with Gasteiger partial charge in [0.2, 0.25) is 0 Å². The fourth-order valence-corrected chi connectivity index (χ4v) is 3.83. The van der Waals surface area contributed by atoms with Gasteiger partial charge in [0.1, 0.15) is 0 Å².